The minimum absolute atomic E-state index is 0.814. The van der Waals surface area contributed by atoms with Crippen molar-refractivity contribution in [2.24, 2.45) is 5.92 Å². The molecule has 4 heteroatoms. The van der Waals surface area contributed by atoms with Gasteiger partial charge in [-0.05, 0) is 74.7 Å². The van der Waals surface area contributed by atoms with Crippen LogP contribution in [0.15, 0.2) is 55.4 Å². The molecule has 4 nitrogen and oxygen atoms in total. The fourth-order valence-corrected chi connectivity index (χ4v) is 4.39. The Morgan fingerprint density at radius 3 is 2.59 bits per heavy atom. The van der Waals surface area contributed by atoms with E-state index in [0.717, 1.165) is 39.1 Å². The minimum Gasteiger partial charge on any atom is -0.338 e. The van der Waals surface area contributed by atoms with Crippen LogP contribution >= 0.6 is 0 Å². The molecule has 3 aromatic heterocycles. The van der Waals surface area contributed by atoms with Crippen molar-refractivity contribution in [2.75, 3.05) is 20.1 Å². The van der Waals surface area contributed by atoms with Crippen LogP contribution in [0.2, 0.25) is 0 Å². The van der Waals surface area contributed by atoms with Crippen molar-refractivity contribution in [3.05, 3.63) is 66.6 Å². The number of H-pyrrole nitrogens is 1. The first-order valence-corrected chi connectivity index (χ1v) is 10.4. The Morgan fingerprint density at radius 2 is 1.83 bits per heavy atom. The average molecular weight is 383 g/mol. The third kappa shape index (κ3) is 3.56. The number of pyridine rings is 2. The van der Waals surface area contributed by atoms with Gasteiger partial charge in [0.25, 0.3) is 0 Å². The molecule has 5 rings (SSSR count). The van der Waals surface area contributed by atoms with Gasteiger partial charge in [-0.1, -0.05) is 30.8 Å². The van der Waals surface area contributed by atoms with Gasteiger partial charge in [-0.15, -0.1) is 0 Å². The van der Waals surface area contributed by atoms with Crippen LogP contribution in [0.1, 0.15) is 24.1 Å². The number of piperidine rings is 1. The van der Waals surface area contributed by atoms with Crippen molar-refractivity contribution in [2.45, 2.75) is 19.3 Å². The normalized spacial score (nSPS) is 15.9. The molecule has 0 atom stereocenters. The highest BCUT2D eigenvalue weighted by Gasteiger charge is 2.17. The van der Waals surface area contributed by atoms with Crippen molar-refractivity contribution >= 4 is 28.0 Å². The summed E-state index contributed by atoms with van der Waals surface area (Å²) in [6.45, 7) is 6.28. The number of hydrogen-bond acceptors (Lipinski definition) is 3. The Labute approximate surface area is 171 Å². The predicted octanol–water partition coefficient (Wildman–Crippen LogP) is 5.31. The van der Waals surface area contributed by atoms with E-state index in [2.05, 4.69) is 69.9 Å². The maximum atomic E-state index is 4.66. The van der Waals surface area contributed by atoms with E-state index in [1.54, 1.807) is 6.08 Å². The average Bonchev–Trinajstić information content (AvgIpc) is 3.13. The van der Waals surface area contributed by atoms with Gasteiger partial charge >= 0.3 is 0 Å². The summed E-state index contributed by atoms with van der Waals surface area (Å²) in [4.78, 5) is 14.8. The van der Waals surface area contributed by atoms with Crippen LogP contribution in [0.25, 0.3) is 39.1 Å². The number of aromatic amines is 1. The lowest BCUT2D eigenvalue weighted by Gasteiger charge is -2.28. The first-order valence-electron chi connectivity index (χ1n) is 10.4. The smallest absolute Gasteiger partial charge is 0.138 e. The second-order valence-electron chi connectivity index (χ2n) is 8.25. The Hall–Kier alpha value is -2.98. The standard InChI is InChI=1S/C25H26N4/c1-3-21-14-22-23-13-20(15-27-25(23)28-24(22)16-26-21)19-6-4-17(5-7-19)12-18-8-10-29(2)11-9-18/h3-7,13-16,18H,1,8-12H2,2H3,(H,27,28). The number of nitrogens with one attached hydrogen (secondary N) is 1. The first kappa shape index (κ1) is 18.1. The lowest BCUT2D eigenvalue weighted by atomic mass is 9.90. The second kappa shape index (κ2) is 7.45. The quantitative estimate of drug-likeness (QED) is 0.520. The van der Waals surface area contributed by atoms with Crippen LogP contribution < -0.4 is 0 Å². The van der Waals surface area contributed by atoms with Crippen molar-refractivity contribution in [3.63, 3.8) is 0 Å². The van der Waals surface area contributed by atoms with Crippen LogP contribution in [-0.2, 0) is 6.42 Å². The number of benzene rings is 1. The van der Waals surface area contributed by atoms with Gasteiger partial charge in [0.2, 0.25) is 0 Å². The summed E-state index contributed by atoms with van der Waals surface area (Å²) in [6.07, 6.45) is 9.38. The molecule has 0 amide bonds. The van der Waals surface area contributed by atoms with E-state index in [9.17, 15) is 0 Å². The number of likely N-dealkylation sites (tertiary alicyclic amines) is 1. The third-order valence-corrected chi connectivity index (χ3v) is 6.21. The first-order chi connectivity index (χ1) is 14.2. The molecule has 0 radical (unpaired) electrons. The SMILES string of the molecule is C=Cc1cc2c(cn1)[nH]c1ncc(-c3ccc(CC4CCN(C)CC4)cc3)cc12. The molecule has 0 bridgehead atoms. The highest BCUT2D eigenvalue weighted by molar-refractivity contribution is 6.07. The number of fused-ring (bicyclic) bond motifs is 3. The number of aromatic nitrogens is 3. The Balaban J connectivity index is 1.42. The zero-order valence-corrected chi connectivity index (χ0v) is 16.9. The molecule has 0 saturated carbocycles. The highest BCUT2D eigenvalue weighted by Crippen LogP contribution is 2.29. The van der Waals surface area contributed by atoms with E-state index < -0.39 is 0 Å². The Bertz CT molecular complexity index is 1160. The summed E-state index contributed by atoms with van der Waals surface area (Å²) in [6, 6.07) is 13.3. The Kier molecular flexibility index (Phi) is 4.64. The van der Waals surface area contributed by atoms with Gasteiger partial charge in [0, 0.05) is 22.5 Å². The largest absolute Gasteiger partial charge is 0.338 e. The molecule has 4 aromatic rings. The molecular formula is C25H26N4. The minimum atomic E-state index is 0.814. The van der Waals surface area contributed by atoms with Crippen LogP contribution in [-0.4, -0.2) is 40.0 Å². The molecule has 29 heavy (non-hydrogen) atoms. The van der Waals surface area contributed by atoms with Crippen molar-refractivity contribution < 1.29 is 0 Å². The molecule has 1 fully saturated rings. The summed E-state index contributed by atoms with van der Waals surface area (Å²) >= 11 is 0. The molecule has 1 N–H and O–H groups in total. The molecule has 1 saturated heterocycles. The molecular weight excluding hydrogens is 356 g/mol. The van der Waals surface area contributed by atoms with E-state index >= 15 is 0 Å². The molecule has 1 aromatic carbocycles. The van der Waals surface area contributed by atoms with E-state index in [1.165, 1.54) is 43.5 Å². The number of hydrogen-bond donors (Lipinski definition) is 1. The van der Waals surface area contributed by atoms with E-state index in [0.29, 0.717) is 0 Å². The lowest BCUT2D eigenvalue weighted by Crippen LogP contribution is -2.30. The van der Waals surface area contributed by atoms with Gasteiger partial charge in [0.1, 0.15) is 5.65 Å². The van der Waals surface area contributed by atoms with Crippen LogP contribution in [0.4, 0.5) is 0 Å². The fraction of sp³-hybridized carbons (Fsp3) is 0.280. The number of rotatable bonds is 4. The topological polar surface area (TPSA) is 44.8 Å². The molecule has 146 valence electrons. The van der Waals surface area contributed by atoms with E-state index in [-0.39, 0.29) is 0 Å². The summed E-state index contributed by atoms with van der Waals surface area (Å²) in [5.41, 5.74) is 6.56. The predicted molar refractivity (Wildman–Crippen MR) is 121 cm³/mol. The van der Waals surface area contributed by atoms with Gasteiger partial charge in [-0.3, -0.25) is 4.98 Å². The summed E-state index contributed by atoms with van der Waals surface area (Å²) in [5, 5.41) is 2.26. The molecule has 0 spiro atoms. The second-order valence-corrected chi connectivity index (χ2v) is 8.25. The number of nitrogens with zero attached hydrogens (tertiary/aromatic N) is 3. The lowest BCUT2D eigenvalue weighted by molar-refractivity contribution is 0.219. The molecule has 1 aliphatic rings. The zero-order valence-electron chi connectivity index (χ0n) is 16.9. The Morgan fingerprint density at radius 1 is 1.03 bits per heavy atom. The highest BCUT2D eigenvalue weighted by atomic mass is 15.1. The van der Waals surface area contributed by atoms with E-state index in [1.807, 2.05) is 12.4 Å². The maximum Gasteiger partial charge on any atom is 0.138 e. The molecule has 1 aliphatic heterocycles. The monoisotopic (exact) mass is 382 g/mol. The van der Waals surface area contributed by atoms with Gasteiger partial charge in [-0.2, -0.15) is 0 Å². The maximum absolute atomic E-state index is 4.66. The van der Waals surface area contributed by atoms with Crippen LogP contribution in [0.3, 0.4) is 0 Å². The van der Waals surface area contributed by atoms with Gasteiger partial charge in [0.15, 0.2) is 0 Å². The van der Waals surface area contributed by atoms with Crippen molar-refractivity contribution in [3.8, 4) is 11.1 Å². The third-order valence-electron chi connectivity index (χ3n) is 6.21. The van der Waals surface area contributed by atoms with Gasteiger partial charge in [0.05, 0.1) is 17.4 Å². The fourth-order valence-electron chi connectivity index (χ4n) is 4.39. The van der Waals surface area contributed by atoms with Crippen molar-refractivity contribution in [1.82, 2.24) is 19.9 Å². The van der Waals surface area contributed by atoms with E-state index in [4.69, 9.17) is 0 Å². The van der Waals surface area contributed by atoms with Crippen LogP contribution in [0.5, 0.6) is 0 Å². The zero-order chi connectivity index (χ0) is 19.8. The summed E-state index contributed by atoms with van der Waals surface area (Å²) < 4.78 is 0. The molecule has 0 aliphatic carbocycles. The van der Waals surface area contributed by atoms with Gasteiger partial charge < -0.3 is 9.88 Å². The van der Waals surface area contributed by atoms with Gasteiger partial charge in [-0.25, -0.2) is 4.98 Å². The van der Waals surface area contributed by atoms with Crippen LogP contribution in [0, 0.1) is 5.92 Å². The summed E-state index contributed by atoms with van der Waals surface area (Å²) in [5.74, 6) is 0.814. The summed E-state index contributed by atoms with van der Waals surface area (Å²) in [7, 11) is 2.22. The molecule has 0 unspecified atom stereocenters. The van der Waals surface area contributed by atoms with Crippen molar-refractivity contribution in [1.29, 1.82) is 0 Å². The molecule has 4 heterocycles.